The number of amides is 1. The van der Waals surface area contributed by atoms with Crippen LogP contribution >= 0.6 is 0 Å². The first-order valence-electron chi connectivity index (χ1n) is 10.3. The molecule has 3 rings (SSSR count). The lowest BCUT2D eigenvalue weighted by Gasteiger charge is -2.25. The van der Waals surface area contributed by atoms with Gasteiger partial charge in [-0.2, -0.15) is 0 Å². The number of ketones is 1. The lowest BCUT2D eigenvalue weighted by atomic mass is 9.95. The number of methoxy groups -OCH3 is 3. The summed E-state index contributed by atoms with van der Waals surface area (Å²) in [6.07, 6.45) is 1.62. The van der Waals surface area contributed by atoms with Crippen molar-refractivity contribution in [1.82, 2.24) is 4.90 Å². The molecule has 0 aromatic heterocycles. The molecule has 8 nitrogen and oxygen atoms in total. The Morgan fingerprint density at radius 3 is 2.36 bits per heavy atom. The molecule has 1 atom stereocenters. The van der Waals surface area contributed by atoms with Crippen molar-refractivity contribution in [2.45, 2.75) is 6.04 Å². The molecule has 0 aliphatic carbocycles. The number of hydrogen-bond donors (Lipinski definition) is 1. The molecule has 174 valence electrons. The van der Waals surface area contributed by atoms with Gasteiger partial charge in [-0.15, -0.1) is 0 Å². The molecule has 0 radical (unpaired) electrons. The van der Waals surface area contributed by atoms with Crippen molar-refractivity contribution in [3.05, 3.63) is 71.8 Å². The highest BCUT2D eigenvalue weighted by Crippen LogP contribution is 2.41. The molecule has 33 heavy (non-hydrogen) atoms. The molecule has 1 amide bonds. The zero-order valence-corrected chi connectivity index (χ0v) is 18.9. The second-order valence-electron chi connectivity index (χ2n) is 7.22. The van der Waals surface area contributed by atoms with Crippen LogP contribution in [0, 0.1) is 0 Å². The molecule has 1 unspecified atom stereocenters. The van der Waals surface area contributed by atoms with Crippen molar-refractivity contribution in [3.8, 4) is 17.2 Å². The van der Waals surface area contributed by atoms with E-state index in [2.05, 4.69) is 6.58 Å². The minimum atomic E-state index is -0.823. The Bertz CT molecular complexity index is 1060. The van der Waals surface area contributed by atoms with Crippen LogP contribution in [0.1, 0.15) is 17.2 Å². The molecule has 2 aromatic rings. The summed E-state index contributed by atoms with van der Waals surface area (Å²) in [5, 5.41) is 11.1. The van der Waals surface area contributed by atoms with Gasteiger partial charge in [0.15, 0.2) is 11.5 Å². The van der Waals surface area contributed by atoms with Crippen LogP contribution < -0.4 is 14.2 Å². The fourth-order valence-corrected chi connectivity index (χ4v) is 3.69. The van der Waals surface area contributed by atoms with E-state index in [1.54, 1.807) is 48.5 Å². The number of carbonyl (C=O) groups excluding carboxylic acids is 2. The van der Waals surface area contributed by atoms with Crippen LogP contribution in [-0.2, 0) is 14.3 Å². The Hall–Kier alpha value is -3.78. The molecular formula is C25H27NO7. The number of benzene rings is 2. The summed E-state index contributed by atoms with van der Waals surface area (Å²) in [5.41, 5.74) is 0.967. The van der Waals surface area contributed by atoms with E-state index in [0.29, 0.717) is 35.0 Å². The number of rotatable bonds is 10. The summed E-state index contributed by atoms with van der Waals surface area (Å²) < 4.78 is 21.3. The fourth-order valence-electron chi connectivity index (χ4n) is 3.69. The molecule has 1 heterocycles. The highest BCUT2D eigenvalue weighted by atomic mass is 16.5. The highest BCUT2D eigenvalue weighted by molar-refractivity contribution is 6.46. The Labute approximate surface area is 192 Å². The number of ether oxygens (including phenoxy) is 4. The third-order valence-electron chi connectivity index (χ3n) is 5.30. The van der Waals surface area contributed by atoms with E-state index in [9.17, 15) is 14.7 Å². The normalized spacial score (nSPS) is 17.2. The molecule has 1 saturated heterocycles. The van der Waals surface area contributed by atoms with Crippen LogP contribution in [0.4, 0.5) is 0 Å². The third kappa shape index (κ3) is 4.85. The molecule has 0 spiro atoms. The van der Waals surface area contributed by atoms with Crippen LogP contribution in [0.2, 0.25) is 0 Å². The van der Waals surface area contributed by atoms with Gasteiger partial charge >= 0.3 is 0 Å². The summed E-state index contributed by atoms with van der Waals surface area (Å²) in [7, 11) is 4.53. The first-order valence-corrected chi connectivity index (χ1v) is 10.3. The van der Waals surface area contributed by atoms with Crippen LogP contribution in [0.5, 0.6) is 17.2 Å². The third-order valence-corrected chi connectivity index (χ3v) is 5.30. The number of nitrogens with zero attached hydrogens (tertiary/aromatic N) is 1. The van der Waals surface area contributed by atoms with Gasteiger partial charge in [0.05, 0.1) is 32.4 Å². The molecule has 1 N–H and O–H groups in total. The topological polar surface area (TPSA) is 94.5 Å². The van der Waals surface area contributed by atoms with E-state index in [-0.39, 0.29) is 24.5 Å². The minimum Gasteiger partial charge on any atom is -0.507 e. The molecule has 2 aromatic carbocycles. The van der Waals surface area contributed by atoms with Crippen molar-refractivity contribution >= 4 is 17.4 Å². The molecule has 0 bridgehead atoms. The van der Waals surface area contributed by atoms with Gasteiger partial charge in [-0.25, -0.2) is 0 Å². The number of aliphatic hydroxyl groups is 1. The lowest BCUT2D eigenvalue weighted by molar-refractivity contribution is -0.140. The van der Waals surface area contributed by atoms with E-state index in [1.807, 2.05) is 0 Å². The van der Waals surface area contributed by atoms with E-state index in [4.69, 9.17) is 18.9 Å². The minimum absolute atomic E-state index is 0.0110. The molecule has 1 aliphatic heterocycles. The molecule has 0 saturated carbocycles. The first-order chi connectivity index (χ1) is 16.0. The Morgan fingerprint density at radius 1 is 1.06 bits per heavy atom. The summed E-state index contributed by atoms with van der Waals surface area (Å²) in [6.45, 7) is 4.35. The summed E-state index contributed by atoms with van der Waals surface area (Å²) in [5.74, 6) is -0.220. The van der Waals surface area contributed by atoms with Gasteiger partial charge in [0.25, 0.3) is 11.7 Å². The second-order valence-corrected chi connectivity index (χ2v) is 7.22. The zero-order chi connectivity index (χ0) is 24.0. The van der Waals surface area contributed by atoms with Crippen LogP contribution in [0.25, 0.3) is 5.76 Å². The van der Waals surface area contributed by atoms with Gasteiger partial charge in [-0.1, -0.05) is 18.7 Å². The Morgan fingerprint density at radius 2 is 1.76 bits per heavy atom. The largest absolute Gasteiger partial charge is 0.507 e. The maximum atomic E-state index is 13.0. The van der Waals surface area contributed by atoms with E-state index >= 15 is 0 Å². The molecule has 1 fully saturated rings. The van der Waals surface area contributed by atoms with Gasteiger partial charge in [-0.05, 0) is 42.0 Å². The van der Waals surface area contributed by atoms with Crippen molar-refractivity contribution in [2.75, 3.05) is 41.1 Å². The summed E-state index contributed by atoms with van der Waals surface area (Å²) in [6, 6.07) is 10.9. The standard InChI is InChI=1S/C25H27NO7/c1-5-13-33-18-9-6-16(7-10-18)23(27)21-22(26(12-14-30-2)25(29)24(21)28)17-8-11-19(31-3)20(15-17)32-4/h5-11,15,22,27H,1,12-14H2,2-4H3/b23-21+. The van der Waals surface area contributed by atoms with Gasteiger partial charge < -0.3 is 29.0 Å². The smallest absolute Gasteiger partial charge is 0.295 e. The zero-order valence-electron chi connectivity index (χ0n) is 18.9. The number of hydrogen-bond acceptors (Lipinski definition) is 7. The van der Waals surface area contributed by atoms with E-state index in [0.717, 1.165) is 0 Å². The van der Waals surface area contributed by atoms with Crippen molar-refractivity contribution < 1.29 is 33.6 Å². The monoisotopic (exact) mass is 453 g/mol. The maximum absolute atomic E-state index is 13.0. The molecule has 1 aliphatic rings. The maximum Gasteiger partial charge on any atom is 0.295 e. The highest BCUT2D eigenvalue weighted by Gasteiger charge is 2.46. The lowest BCUT2D eigenvalue weighted by Crippen LogP contribution is -2.32. The first kappa shape index (κ1) is 23.9. The summed E-state index contributed by atoms with van der Waals surface area (Å²) in [4.78, 5) is 27.3. The predicted octanol–water partition coefficient (Wildman–Crippen LogP) is 3.34. The number of aliphatic hydroxyl groups excluding tert-OH is 1. The van der Waals surface area contributed by atoms with Crippen molar-refractivity contribution in [1.29, 1.82) is 0 Å². The number of carbonyl (C=O) groups is 2. The number of likely N-dealkylation sites (tertiary alicyclic amines) is 1. The Kier molecular flexibility index (Phi) is 7.74. The van der Waals surface area contributed by atoms with Crippen LogP contribution in [0.15, 0.2) is 60.7 Å². The van der Waals surface area contributed by atoms with Crippen LogP contribution in [-0.4, -0.2) is 62.8 Å². The summed E-state index contributed by atoms with van der Waals surface area (Å²) >= 11 is 0. The van der Waals surface area contributed by atoms with Crippen LogP contribution in [0.3, 0.4) is 0 Å². The second kappa shape index (κ2) is 10.7. The molecule has 8 heteroatoms. The fraction of sp³-hybridized carbons (Fsp3) is 0.280. The van der Waals surface area contributed by atoms with E-state index in [1.165, 1.54) is 26.2 Å². The quantitative estimate of drug-likeness (QED) is 0.255. The van der Waals surface area contributed by atoms with Crippen molar-refractivity contribution in [3.63, 3.8) is 0 Å². The molecular weight excluding hydrogens is 426 g/mol. The van der Waals surface area contributed by atoms with Gasteiger partial charge in [0.1, 0.15) is 18.1 Å². The van der Waals surface area contributed by atoms with Crippen molar-refractivity contribution in [2.24, 2.45) is 0 Å². The SMILES string of the molecule is C=CCOc1ccc(/C(O)=C2\C(=O)C(=O)N(CCOC)C2c2ccc(OC)c(OC)c2)cc1. The Balaban J connectivity index is 2.11. The van der Waals surface area contributed by atoms with Gasteiger partial charge in [0.2, 0.25) is 0 Å². The number of Topliss-reactive ketones (excluding diaryl/α,β-unsaturated/α-hetero) is 1. The van der Waals surface area contributed by atoms with Gasteiger partial charge in [-0.3, -0.25) is 9.59 Å². The predicted molar refractivity (Wildman–Crippen MR) is 123 cm³/mol. The average Bonchev–Trinajstić information content (AvgIpc) is 3.10. The average molecular weight is 453 g/mol. The van der Waals surface area contributed by atoms with E-state index < -0.39 is 17.7 Å². The van der Waals surface area contributed by atoms with Gasteiger partial charge in [0, 0.05) is 19.2 Å².